The maximum absolute atomic E-state index is 11.7. The van der Waals surface area contributed by atoms with Crippen molar-refractivity contribution in [1.82, 2.24) is 19.5 Å². The highest BCUT2D eigenvalue weighted by molar-refractivity contribution is 7.80. The van der Waals surface area contributed by atoms with Crippen molar-refractivity contribution in [2.75, 3.05) is 0 Å². The highest BCUT2D eigenvalue weighted by Gasteiger charge is 2.14. The maximum atomic E-state index is 11.7. The topological polar surface area (TPSA) is 89.6 Å². The van der Waals surface area contributed by atoms with Crippen molar-refractivity contribution in [2.45, 2.75) is 13.3 Å². The number of aromatic nitrogens is 4. The number of aromatic amines is 1. The van der Waals surface area contributed by atoms with Gasteiger partial charge in [-0.15, -0.1) is 0 Å². The predicted octanol–water partition coefficient (Wildman–Crippen LogP) is 1.25. The molecule has 0 unspecified atom stereocenters. The van der Waals surface area contributed by atoms with E-state index in [9.17, 15) is 4.79 Å². The van der Waals surface area contributed by atoms with Gasteiger partial charge in [-0.3, -0.25) is 9.36 Å². The number of rotatable bonds is 3. The molecule has 0 fully saturated rings. The lowest BCUT2D eigenvalue weighted by atomic mass is 10.3. The van der Waals surface area contributed by atoms with Crippen molar-refractivity contribution < 1.29 is 0 Å². The smallest absolute Gasteiger partial charge is 0.253 e. The average Bonchev–Trinajstić information content (AvgIpc) is 2.74. The number of benzene rings is 1. The van der Waals surface area contributed by atoms with E-state index in [0.29, 0.717) is 28.9 Å². The van der Waals surface area contributed by atoms with Gasteiger partial charge in [-0.05, 0) is 19.1 Å². The Balaban J connectivity index is 2.32. The van der Waals surface area contributed by atoms with Crippen LogP contribution < -0.4 is 11.3 Å². The van der Waals surface area contributed by atoms with Gasteiger partial charge in [0.05, 0.1) is 22.4 Å². The molecule has 0 saturated carbocycles. The molecule has 0 radical (unpaired) electrons. The van der Waals surface area contributed by atoms with Gasteiger partial charge in [-0.25, -0.2) is 9.97 Å². The van der Waals surface area contributed by atoms with E-state index in [1.165, 1.54) is 6.07 Å². The summed E-state index contributed by atoms with van der Waals surface area (Å²) in [6, 6.07) is 9.06. The molecule has 0 amide bonds. The molecule has 7 heteroatoms. The van der Waals surface area contributed by atoms with Gasteiger partial charge in [-0.2, -0.15) is 0 Å². The number of nitrogens with one attached hydrogen (secondary N) is 1. The number of para-hydroxylation sites is 2. The van der Waals surface area contributed by atoms with Crippen molar-refractivity contribution in [3.63, 3.8) is 0 Å². The van der Waals surface area contributed by atoms with Crippen molar-refractivity contribution >= 4 is 28.2 Å². The highest BCUT2D eigenvalue weighted by Crippen LogP contribution is 2.20. The van der Waals surface area contributed by atoms with Crippen molar-refractivity contribution in [3.8, 4) is 5.82 Å². The van der Waals surface area contributed by atoms with E-state index in [0.717, 1.165) is 11.0 Å². The Labute approximate surface area is 125 Å². The zero-order valence-electron chi connectivity index (χ0n) is 11.3. The molecule has 3 aromatic rings. The molecule has 0 aliphatic heterocycles. The molecular formula is C14H13N5OS. The van der Waals surface area contributed by atoms with Gasteiger partial charge in [-0.1, -0.05) is 24.4 Å². The molecule has 0 spiro atoms. The van der Waals surface area contributed by atoms with E-state index in [-0.39, 0.29) is 5.56 Å². The van der Waals surface area contributed by atoms with Crippen LogP contribution in [0.15, 0.2) is 35.1 Å². The van der Waals surface area contributed by atoms with E-state index in [1.807, 2.05) is 28.8 Å². The number of nitrogens with two attached hydrogens (primary N) is 1. The normalized spacial score (nSPS) is 10.9. The zero-order valence-corrected chi connectivity index (χ0v) is 12.1. The summed E-state index contributed by atoms with van der Waals surface area (Å²) in [5.74, 6) is 1.72. The summed E-state index contributed by atoms with van der Waals surface area (Å²) in [6.07, 6.45) is 0.345. The number of nitrogens with zero attached hydrogens (tertiary/aromatic N) is 3. The van der Waals surface area contributed by atoms with Crippen LogP contribution in [0.25, 0.3) is 16.9 Å². The number of imidazole rings is 1. The fourth-order valence-corrected chi connectivity index (χ4v) is 2.41. The Morgan fingerprint density at radius 2 is 2.14 bits per heavy atom. The van der Waals surface area contributed by atoms with Crippen LogP contribution in [-0.4, -0.2) is 24.5 Å². The van der Waals surface area contributed by atoms with Crippen LogP contribution in [0, 0.1) is 6.92 Å². The Hall–Kier alpha value is -2.54. The first-order valence-electron chi connectivity index (χ1n) is 6.37. The highest BCUT2D eigenvalue weighted by atomic mass is 32.1. The van der Waals surface area contributed by atoms with Gasteiger partial charge in [0.25, 0.3) is 5.56 Å². The second kappa shape index (κ2) is 5.10. The molecule has 2 heterocycles. The van der Waals surface area contributed by atoms with E-state index < -0.39 is 0 Å². The average molecular weight is 299 g/mol. The SMILES string of the molecule is Cc1nc(-n2c(CC(N)=S)nc3ccccc32)cc(=O)[nH]1. The van der Waals surface area contributed by atoms with Crippen molar-refractivity contribution in [2.24, 2.45) is 5.73 Å². The molecule has 1 aromatic carbocycles. The molecule has 3 N–H and O–H groups in total. The Bertz CT molecular complexity index is 896. The van der Waals surface area contributed by atoms with Gasteiger partial charge in [0, 0.05) is 6.07 Å². The fraction of sp³-hybridized carbons (Fsp3) is 0.143. The summed E-state index contributed by atoms with van der Waals surface area (Å²) in [5, 5.41) is 0. The summed E-state index contributed by atoms with van der Waals surface area (Å²) in [6.45, 7) is 1.73. The minimum Gasteiger partial charge on any atom is -0.393 e. The van der Waals surface area contributed by atoms with Gasteiger partial charge in [0.15, 0.2) is 0 Å². The van der Waals surface area contributed by atoms with Crippen molar-refractivity contribution in [1.29, 1.82) is 0 Å². The molecule has 0 aliphatic rings. The third-order valence-electron chi connectivity index (χ3n) is 3.04. The monoisotopic (exact) mass is 299 g/mol. The number of fused-ring (bicyclic) bond motifs is 1. The minimum absolute atomic E-state index is 0.212. The second-order valence-corrected chi connectivity index (χ2v) is 5.21. The largest absolute Gasteiger partial charge is 0.393 e. The summed E-state index contributed by atoms with van der Waals surface area (Å²) in [7, 11) is 0. The quantitative estimate of drug-likeness (QED) is 0.710. The fourth-order valence-electron chi connectivity index (χ4n) is 2.28. The zero-order chi connectivity index (χ0) is 15.0. The Morgan fingerprint density at radius 1 is 1.38 bits per heavy atom. The number of aryl methyl sites for hydroxylation is 1. The lowest BCUT2D eigenvalue weighted by molar-refractivity contribution is 0.892. The third-order valence-corrected chi connectivity index (χ3v) is 3.18. The summed E-state index contributed by atoms with van der Waals surface area (Å²) < 4.78 is 1.82. The van der Waals surface area contributed by atoms with Crippen LogP contribution in [0.2, 0.25) is 0 Å². The van der Waals surface area contributed by atoms with E-state index in [1.54, 1.807) is 6.92 Å². The van der Waals surface area contributed by atoms with Crippen LogP contribution in [0.4, 0.5) is 0 Å². The molecule has 21 heavy (non-hydrogen) atoms. The maximum Gasteiger partial charge on any atom is 0.253 e. The van der Waals surface area contributed by atoms with Crippen LogP contribution in [0.1, 0.15) is 11.6 Å². The lowest BCUT2D eigenvalue weighted by Crippen LogP contribution is -2.17. The second-order valence-electron chi connectivity index (χ2n) is 4.68. The molecular weight excluding hydrogens is 286 g/mol. The van der Waals surface area contributed by atoms with Crippen LogP contribution in [0.3, 0.4) is 0 Å². The molecule has 0 bridgehead atoms. The first kappa shape index (κ1) is 13.4. The lowest BCUT2D eigenvalue weighted by Gasteiger charge is -2.08. The summed E-state index contributed by atoms with van der Waals surface area (Å²) >= 11 is 4.98. The molecule has 0 aliphatic carbocycles. The standard InChI is InChI=1S/C14H13N5OS/c1-8-16-13(7-14(20)17-8)19-10-5-3-2-4-9(10)18-12(19)6-11(15)21/h2-5,7H,6H2,1H3,(H2,15,21)(H,16,17,20). The summed E-state index contributed by atoms with van der Waals surface area (Å²) in [4.78, 5) is 23.6. The third kappa shape index (κ3) is 2.55. The van der Waals surface area contributed by atoms with Gasteiger partial charge in [0.2, 0.25) is 0 Å². The van der Waals surface area contributed by atoms with Gasteiger partial charge in [0.1, 0.15) is 17.5 Å². The molecule has 6 nitrogen and oxygen atoms in total. The molecule has 0 saturated heterocycles. The van der Waals surface area contributed by atoms with Crippen LogP contribution >= 0.6 is 12.2 Å². The summed E-state index contributed by atoms with van der Waals surface area (Å²) in [5.41, 5.74) is 7.10. The first-order valence-corrected chi connectivity index (χ1v) is 6.78. The Morgan fingerprint density at radius 3 is 2.86 bits per heavy atom. The van der Waals surface area contributed by atoms with Crippen LogP contribution in [0.5, 0.6) is 0 Å². The van der Waals surface area contributed by atoms with E-state index >= 15 is 0 Å². The number of hydrogen-bond donors (Lipinski definition) is 2. The number of hydrogen-bond acceptors (Lipinski definition) is 4. The van der Waals surface area contributed by atoms with Crippen molar-refractivity contribution in [3.05, 3.63) is 52.3 Å². The molecule has 2 aromatic heterocycles. The Kier molecular flexibility index (Phi) is 3.26. The van der Waals surface area contributed by atoms with E-state index in [4.69, 9.17) is 18.0 Å². The minimum atomic E-state index is -0.212. The van der Waals surface area contributed by atoms with Gasteiger partial charge >= 0.3 is 0 Å². The molecule has 106 valence electrons. The molecule has 0 atom stereocenters. The number of H-pyrrole nitrogens is 1. The molecule has 3 rings (SSSR count). The van der Waals surface area contributed by atoms with E-state index in [2.05, 4.69) is 15.0 Å². The van der Waals surface area contributed by atoms with Gasteiger partial charge < -0.3 is 10.7 Å². The van der Waals surface area contributed by atoms with Crippen LogP contribution in [-0.2, 0) is 6.42 Å². The predicted molar refractivity (Wildman–Crippen MR) is 84.7 cm³/mol. The number of thiocarbonyl (C=S) groups is 1. The first-order chi connectivity index (χ1) is 10.0.